The van der Waals surface area contributed by atoms with Gasteiger partial charge in [-0.25, -0.2) is 0 Å². The van der Waals surface area contributed by atoms with Crippen LogP contribution in [0.1, 0.15) is 5.56 Å². The average molecular weight is 123 g/mol. The van der Waals surface area contributed by atoms with E-state index in [1.54, 1.807) is 0 Å². The van der Waals surface area contributed by atoms with Crippen molar-refractivity contribution >= 4 is 0 Å². The number of benzene rings is 1. The molecule has 0 spiro atoms. The van der Waals surface area contributed by atoms with Crippen molar-refractivity contribution in [3.8, 4) is 11.5 Å². The van der Waals surface area contributed by atoms with Gasteiger partial charge in [-0.05, 0) is 24.6 Å². The molecule has 9 heavy (non-hydrogen) atoms. The fraction of sp³-hybridized carbons (Fsp3) is 0. The summed E-state index contributed by atoms with van der Waals surface area (Å²) in [5, 5.41) is 17.6. The summed E-state index contributed by atoms with van der Waals surface area (Å²) in [6.45, 7) is 3.52. The zero-order valence-electron chi connectivity index (χ0n) is 4.83. The SMILES string of the molecule is [CH2]c1cc(O)cc(O)c1. The van der Waals surface area contributed by atoms with Crippen molar-refractivity contribution in [2.24, 2.45) is 0 Å². The van der Waals surface area contributed by atoms with Gasteiger partial charge in [0.05, 0.1) is 0 Å². The fourth-order valence-electron chi connectivity index (χ4n) is 0.656. The van der Waals surface area contributed by atoms with E-state index in [-0.39, 0.29) is 11.5 Å². The first-order valence-electron chi connectivity index (χ1n) is 2.53. The molecule has 0 unspecified atom stereocenters. The van der Waals surface area contributed by atoms with Gasteiger partial charge in [0.1, 0.15) is 11.5 Å². The minimum absolute atomic E-state index is 0.0417. The molecule has 0 amide bonds. The minimum atomic E-state index is 0.0417. The van der Waals surface area contributed by atoms with E-state index in [0.717, 1.165) is 0 Å². The summed E-state index contributed by atoms with van der Waals surface area (Å²) in [5.41, 5.74) is 0.604. The highest BCUT2D eigenvalue weighted by atomic mass is 16.3. The second-order valence-electron chi connectivity index (χ2n) is 1.86. The number of hydrogen-bond acceptors (Lipinski definition) is 2. The Labute approximate surface area is 53.4 Å². The summed E-state index contributed by atoms with van der Waals surface area (Å²) >= 11 is 0. The van der Waals surface area contributed by atoms with Gasteiger partial charge in [-0.1, -0.05) is 0 Å². The van der Waals surface area contributed by atoms with Crippen molar-refractivity contribution in [2.75, 3.05) is 0 Å². The van der Waals surface area contributed by atoms with Crippen LogP contribution in [0, 0.1) is 6.92 Å². The Balaban J connectivity index is 3.17. The van der Waals surface area contributed by atoms with Gasteiger partial charge < -0.3 is 10.2 Å². The number of phenolic OH excluding ortho intramolecular Hbond substituents is 2. The maximum atomic E-state index is 8.79. The molecule has 1 aromatic carbocycles. The molecule has 0 heterocycles. The Morgan fingerprint density at radius 2 is 1.44 bits per heavy atom. The van der Waals surface area contributed by atoms with E-state index in [1.165, 1.54) is 18.2 Å². The van der Waals surface area contributed by atoms with Crippen LogP contribution in [0.15, 0.2) is 18.2 Å². The van der Waals surface area contributed by atoms with E-state index in [9.17, 15) is 0 Å². The monoisotopic (exact) mass is 123 g/mol. The van der Waals surface area contributed by atoms with Gasteiger partial charge in [0.2, 0.25) is 0 Å². The van der Waals surface area contributed by atoms with Crippen LogP contribution in [-0.4, -0.2) is 10.2 Å². The highest BCUT2D eigenvalue weighted by Crippen LogP contribution is 2.18. The molecular weight excluding hydrogens is 116 g/mol. The second-order valence-corrected chi connectivity index (χ2v) is 1.86. The lowest BCUT2D eigenvalue weighted by Gasteiger charge is -1.94. The maximum Gasteiger partial charge on any atom is 0.119 e. The largest absolute Gasteiger partial charge is 0.508 e. The molecule has 0 aromatic heterocycles. The van der Waals surface area contributed by atoms with Gasteiger partial charge in [-0.2, -0.15) is 0 Å². The van der Waals surface area contributed by atoms with E-state index in [0.29, 0.717) is 5.56 Å². The molecule has 0 aliphatic carbocycles. The van der Waals surface area contributed by atoms with Gasteiger partial charge in [-0.3, -0.25) is 0 Å². The number of rotatable bonds is 0. The molecule has 2 heteroatoms. The number of aromatic hydroxyl groups is 2. The maximum absolute atomic E-state index is 8.79. The summed E-state index contributed by atoms with van der Waals surface area (Å²) in [6.07, 6.45) is 0. The van der Waals surface area contributed by atoms with Crippen LogP contribution in [0.4, 0.5) is 0 Å². The molecule has 47 valence electrons. The number of phenols is 2. The third-order valence-electron chi connectivity index (χ3n) is 0.962. The van der Waals surface area contributed by atoms with E-state index >= 15 is 0 Å². The van der Waals surface area contributed by atoms with Crippen LogP contribution in [0.2, 0.25) is 0 Å². The normalized spacial score (nSPS) is 9.44. The standard InChI is InChI=1S/C7H7O2/c1-5-2-6(8)4-7(9)3-5/h2-4,8-9H,1H2. The Bertz CT molecular complexity index is 168. The van der Waals surface area contributed by atoms with Crippen LogP contribution in [0.3, 0.4) is 0 Å². The molecule has 2 N–H and O–H groups in total. The molecule has 0 aliphatic rings. The first-order chi connectivity index (χ1) is 4.18. The molecule has 0 bridgehead atoms. The van der Waals surface area contributed by atoms with Crippen LogP contribution < -0.4 is 0 Å². The molecule has 0 atom stereocenters. The summed E-state index contributed by atoms with van der Waals surface area (Å²) in [5.74, 6) is 0.0833. The Hall–Kier alpha value is -1.18. The molecule has 0 saturated carbocycles. The van der Waals surface area contributed by atoms with Crippen molar-refractivity contribution in [1.29, 1.82) is 0 Å². The lowest BCUT2D eigenvalue weighted by Crippen LogP contribution is -1.70. The lowest BCUT2D eigenvalue weighted by molar-refractivity contribution is 0.450. The lowest BCUT2D eigenvalue weighted by atomic mass is 10.2. The third-order valence-corrected chi connectivity index (χ3v) is 0.962. The molecule has 1 aromatic rings. The van der Waals surface area contributed by atoms with Crippen molar-refractivity contribution < 1.29 is 10.2 Å². The van der Waals surface area contributed by atoms with Crippen LogP contribution in [0.25, 0.3) is 0 Å². The van der Waals surface area contributed by atoms with Crippen molar-refractivity contribution in [3.63, 3.8) is 0 Å². The Kier molecular flexibility index (Phi) is 1.30. The minimum Gasteiger partial charge on any atom is -0.508 e. The molecule has 1 radical (unpaired) electrons. The molecular formula is C7H7O2. The quantitative estimate of drug-likeness (QED) is 0.545. The van der Waals surface area contributed by atoms with Crippen molar-refractivity contribution in [3.05, 3.63) is 30.7 Å². The second kappa shape index (κ2) is 1.97. The van der Waals surface area contributed by atoms with Crippen LogP contribution >= 0.6 is 0 Å². The van der Waals surface area contributed by atoms with Gasteiger partial charge in [0.15, 0.2) is 0 Å². The predicted octanol–water partition coefficient (Wildman–Crippen LogP) is 1.28. The summed E-state index contributed by atoms with van der Waals surface area (Å²) in [7, 11) is 0. The molecule has 2 nitrogen and oxygen atoms in total. The smallest absolute Gasteiger partial charge is 0.119 e. The zero-order chi connectivity index (χ0) is 6.85. The van der Waals surface area contributed by atoms with E-state index < -0.39 is 0 Å². The van der Waals surface area contributed by atoms with E-state index in [4.69, 9.17) is 10.2 Å². The Morgan fingerprint density at radius 1 is 1.00 bits per heavy atom. The molecule has 0 fully saturated rings. The number of hydrogen-bond donors (Lipinski definition) is 2. The van der Waals surface area contributed by atoms with Crippen molar-refractivity contribution in [1.82, 2.24) is 0 Å². The molecule has 0 aliphatic heterocycles. The fourth-order valence-corrected chi connectivity index (χ4v) is 0.656. The summed E-state index contributed by atoms with van der Waals surface area (Å²) < 4.78 is 0. The van der Waals surface area contributed by atoms with Gasteiger partial charge in [-0.15, -0.1) is 0 Å². The predicted molar refractivity (Wildman–Crippen MR) is 34.2 cm³/mol. The third kappa shape index (κ3) is 1.35. The van der Waals surface area contributed by atoms with Gasteiger partial charge in [0, 0.05) is 6.07 Å². The summed E-state index contributed by atoms with van der Waals surface area (Å²) in [4.78, 5) is 0. The van der Waals surface area contributed by atoms with Crippen LogP contribution in [0.5, 0.6) is 11.5 Å². The van der Waals surface area contributed by atoms with Crippen molar-refractivity contribution in [2.45, 2.75) is 0 Å². The van der Waals surface area contributed by atoms with E-state index in [1.807, 2.05) is 0 Å². The van der Waals surface area contributed by atoms with Gasteiger partial charge >= 0.3 is 0 Å². The molecule has 0 saturated heterocycles. The highest BCUT2D eigenvalue weighted by Gasteiger charge is 1.91. The first kappa shape index (κ1) is 5.95. The topological polar surface area (TPSA) is 40.5 Å². The first-order valence-corrected chi connectivity index (χ1v) is 2.53. The van der Waals surface area contributed by atoms with E-state index in [2.05, 4.69) is 6.92 Å². The van der Waals surface area contributed by atoms with Gasteiger partial charge in [0.25, 0.3) is 0 Å². The van der Waals surface area contributed by atoms with Crippen LogP contribution in [-0.2, 0) is 0 Å². The zero-order valence-corrected chi connectivity index (χ0v) is 4.83. The highest BCUT2D eigenvalue weighted by molar-refractivity contribution is 5.37. The molecule has 1 rings (SSSR count). The summed E-state index contributed by atoms with van der Waals surface area (Å²) in [6, 6.07) is 4.20. The Morgan fingerprint density at radius 3 is 1.78 bits per heavy atom. The average Bonchev–Trinajstić information content (AvgIpc) is 1.59.